The lowest BCUT2D eigenvalue weighted by atomic mass is 10.2. The second kappa shape index (κ2) is 4.81. The summed E-state index contributed by atoms with van der Waals surface area (Å²) in [5.41, 5.74) is 2.21. The van der Waals surface area contributed by atoms with Crippen molar-refractivity contribution < 1.29 is 9.13 Å². The summed E-state index contributed by atoms with van der Waals surface area (Å²) in [7, 11) is 1.51. The normalized spacial score (nSPS) is 13.2. The molecule has 0 fully saturated rings. The molecule has 6 heteroatoms. The molecular formula is C13H13FN4O. The van der Waals surface area contributed by atoms with E-state index >= 15 is 0 Å². The second-order valence-electron chi connectivity index (χ2n) is 4.19. The highest BCUT2D eigenvalue weighted by atomic mass is 19.1. The van der Waals surface area contributed by atoms with Crippen LogP contribution in [0.5, 0.6) is 6.01 Å². The first-order chi connectivity index (χ1) is 9.28. The van der Waals surface area contributed by atoms with Crippen molar-refractivity contribution in [2.45, 2.75) is 13.1 Å². The average Bonchev–Trinajstić information content (AvgIpc) is 2.89. The highest BCUT2D eigenvalue weighted by Gasteiger charge is 2.20. The first kappa shape index (κ1) is 11.9. The lowest BCUT2D eigenvalue weighted by Gasteiger charge is -2.11. The van der Waals surface area contributed by atoms with Crippen LogP contribution in [0.4, 0.5) is 15.9 Å². The third-order valence-corrected chi connectivity index (χ3v) is 2.98. The van der Waals surface area contributed by atoms with Gasteiger partial charge in [-0.05, 0) is 12.1 Å². The van der Waals surface area contributed by atoms with Crippen molar-refractivity contribution in [1.29, 1.82) is 0 Å². The monoisotopic (exact) mass is 260 g/mol. The van der Waals surface area contributed by atoms with Gasteiger partial charge < -0.3 is 15.4 Å². The highest BCUT2D eigenvalue weighted by molar-refractivity contribution is 5.61. The number of hydrogen-bond donors (Lipinski definition) is 2. The lowest BCUT2D eigenvalue weighted by molar-refractivity contribution is 0.379. The number of hydrogen-bond acceptors (Lipinski definition) is 5. The van der Waals surface area contributed by atoms with Crippen LogP contribution in [0.15, 0.2) is 24.3 Å². The van der Waals surface area contributed by atoms with Crippen molar-refractivity contribution in [2.75, 3.05) is 12.4 Å². The predicted octanol–water partition coefficient (Wildman–Crippen LogP) is 1.97. The lowest BCUT2D eigenvalue weighted by Crippen LogP contribution is -2.05. The number of nitrogens with one attached hydrogen (secondary N) is 2. The van der Waals surface area contributed by atoms with E-state index in [4.69, 9.17) is 4.74 Å². The molecule has 0 atom stereocenters. The topological polar surface area (TPSA) is 59.1 Å². The minimum atomic E-state index is -0.320. The Kier molecular flexibility index (Phi) is 3.00. The Balaban J connectivity index is 2.01. The number of fused-ring (bicyclic) bond motifs is 1. The van der Waals surface area contributed by atoms with Crippen molar-refractivity contribution in [3.8, 4) is 6.01 Å². The second-order valence-corrected chi connectivity index (χ2v) is 4.19. The van der Waals surface area contributed by atoms with Crippen LogP contribution in [-0.4, -0.2) is 17.1 Å². The molecule has 1 aliphatic rings. The van der Waals surface area contributed by atoms with Gasteiger partial charge in [-0.3, -0.25) is 0 Å². The van der Waals surface area contributed by atoms with Crippen molar-refractivity contribution in [1.82, 2.24) is 15.3 Å². The molecular weight excluding hydrogens is 247 g/mol. The molecule has 0 bridgehead atoms. The molecule has 0 radical (unpaired) electrons. The summed E-state index contributed by atoms with van der Waals surface area (Å²) in [6.45, 7) is 1.33. The molecule has 2 heterocycles. The van der Waals surface area contributed by atoms with Gasteiger partial charge in [0, 0.05) is 18.7 Å². The molecule has 0 spiro atoms. The summed E-state index contributed by atoms with van der Waals surface area (Å²) in [6.07, 6.45) is 0. The van der Waals surface area contributed by atoms with Gasteiger partial charge in [0.25, 0.3) is 0 Å². The Labute approximate surface area is 109 Å². The molecule has 1 aromatic heterocycles. The summed E-state index contributed by atoms with van der Waals surface area (Å²) in [4.78, 5) is 8.52. The van der Waals surface area contributed by atoms with Crippen LogP contribution in [0.1, 0.15) is 11.3 Å². The van der Waals surface area contributed by atoms with Gasteiger partial charge in [0.1, 0.15) is 11.6 Å². The predicted molar refractivity (Wildman–Crippen MR) is 68.8 cm³/mol. The average molecular weight is 260 g/mol. The molecule has 3 rings (SSSR count). The fourth-order valence-electron chi connectivity index (χ4n) is 2.03. The number of aromatic nitrogens is 2. The largest absolute Gasteiger partial charge is 0.467 e. The van der Waals surface area contributed by atoms with E-state index in [0.29, 0.717) is 24.6 Å². The number of rotatable bonds is 3. The Hall–Kier alpha value is -2.21. The van der Waals surface area contributed by atoms with Gasteiger partial charge in [-0.2, -0.15) is 9.97 Å². The van der Waals surface area contributed by atoms with E-state index in [2.05, 4.69) is 20.6 Å². The van der Waals surface area contributed by atoms with Gasteiger partial charge in [0.05, 0.1) is 18.5 Å². The van der Waals surface area contributed by atoms with Gasteiger partial charge in [-0.15, -0.1) is 0 Å². The quantitative estimate of drug-likeness (QED) is 0.883. The van der Waals surface area contributed by atoms with Crippen LogP contribution in [0, 0.1) is 5.82 Å². The van der Waals surface area contributed by atoms with Crippen LogP contribution in [0.2, 0.25) is 0 Å². The third kappa shape index (κ3) is 2.22. The van der Waals surface area contributed by atoms with E-state index in [1.807, 2.05) is 0 Å². The fourth-order valence-corrected chi connectivity index (χ4v) is 2.03. The molecule has 0 aliphatic carbocycles. The molecule has 1 aliphatic heterocycles. The first-order valence-electron chi connectivity index (χ1n) is 5.94. The zero-order valence-corrected chi connectivity index (χ0v) is 10.4. The van der Waals surface area contributed by atoms with Gasteiger partial charge in [-0.1, -0.05) is 12.1 Å². The van der Waals surface area contributed by atoms with Crippen molar-refractivity contribution >= 4 is 11.5 Å². The smallest absolute Gasteiger partial charge is 0.318 e. The number of halogens is 1. The molecule has 1 aromatic carbocycles. The van der Waals surface area contributed by atoms with Crippen LogP contribution in [0.25, 0.3) is 0 Å². The number of anilines is 2. The van der Waals surface area contributed by atoms with Crippen molar-refractivity contribution in [3.63, 3.8) is 0 Å². The number of benzene rings is 1. The van der Waals surface area contributed by atoms with E-state index in [1.54, 1.807) is 18.2 Å². The minimum absolute atomic E-state index is 0.279. The van der Waals surface area contributed by atoms with Crippen LogP contribution in [-0.2, 0) is 13.1 Å². The summed E-state index contributed by atoms with van der Waals surface area (Å²) in [6, 6.07) is 6.76. The molecule has 5 nitrogen and oxygen atoms in total. The van der Waals surface area contributed by atoms with E-state index in [9.17, 15) is 4.39 Å². The van der Waals surface area contributed by atoms with Crippen LogP contribution >= 0.6 is 0 Å². The summed E-state index contributed by atoms with van der Waals surface area (Å²) >= 11 is 0. The Morgan fingerprint density at radius 3 is 2.89 bits per heavy atom. The van der Waals surface area contributed by atoms with Gasteiger partial charge in [0.2, 0.25) is 0 Å². The van der Waals surface area contributed by atoms with E-state index in [-0.39, 0.29) is 11.8 Å². The molecule has 19 heavy (non-hydrogen) atoms. The van der Waals surface area contributed by atoms with E-state index in [0.717, 1.165) is 11.3 Å². The SMILES string of the molecule is COc1nc2c(c(Nc3ccccc3F)n1)CNC2. The number of methoxy groups -OCH3 is 1. The molecule has 0 saturated carbocycles. The van der Waals surface area contributed by atoms with Crippen molar-refractivity contribution in [3.05, 3.63) is 41.3 Å². The van der Waals surface area contributed by atoms with Crippen LogP contribution < -0.4 is 15.4 Å². The van der Waals surface area contributed by atoms with Crippen LogP contribution in [0.3, 0.4) is 0 Å². The summed E-state index contributed by atoms with van der Waals surface area (Å²) < 4.78 is 18.7. The zero-order valence-electron chi connectivity index (χ0n) is 10.4. The van der Waals surface area contributed by atoms with Gasteiger partial charge in [0.15, 0.2) is 0 Å². The molecule has 0 unspecified atom stereocenters. The molecule has 2 aromatic rings. The Morgan fingerprint density at radius 2 is 2.11 bits per heavy atom. The maximum Gasteiger partial charge on any atom is 0.318 e. The minimum Gasteiger partial charge on any atom is -0.467 e. The third-order valence-electron chi connectivity index (χ3n) is 2.98. The molecule has 0 amide bonds. The molecule has 98 valence electrons. The van der Waals surface area contributed by atoms with Crippen molar-refractivity contribution in [2.24, 2.45) is 0 Å². The number of para-hydroxylation sites is 1. The first-order valence-corrected chi connectivity index (χ1v) is 5.94. The number of nitrogens with zero attached hydrogens (tertiary/aromatic N) is 2. The van der Waals surface area contributed by atoms with Gasteiger partial charge >= 0.3 is 6.01 Å². The van der Waals surface area contributed by atoms with E-state index in [1.165, 1.54) is 13.2 Å². The standard InChI is InChI=1S/C13H13FN4O/c1-19-13-17-11-7-15-6-8(11)12(18-13)16-10-5-3-2-4-9(10)14/h2-5,15H,6-7H2,1H3,(H,16,17,18). The van der Waals surface area contributed by atoms with E-state index < -0.39 is 0 Å². The zero-order chi connectivity index (χ0) is 13.2. The maximum atomic E-state index is 13.7. The molecule has 0 saturated heterocycles. The Morgan fingerprint density at radius 1 is 1.26 bits per heavy atom. The summed E-state index contributed by atoms with van der Waals surface area (Å²) in [5.74, 6) is 0.261. The highest BCUT2D eigenvalue weighted by Crippen LogP contribution is 2.27. The molecule has 2 N–H and O–H groups in total. The Bertz CT molecular complexity index is 618. The fraction of sp³-hybridized carbons (Fsp3) is 0.231. The summed E-state index contributed by atoms with van der Waals surface area (Å²) in [5, 5.41) is 6.19. The van der Waals surface area contributed by atoms with Gasteiger partial charge in [-0.25, -0.2) is 4.39 Å². The maximum absolute atomic E-state index is 13.7. The number of ether oxygens (including phenoxy) is 1.